The highest BCUT2D eigenvalue weighted by atomic mass is 16.5. The number of rotatable bonds is 5. The lowest BCUT2D eigenvalue weighted by Crippen LogP contribution is -2.54. The summed E-state index contributed by atoms with van der Waals surface area (Å²) in [5, 5.41) is 3.62. The molecule has 2 aliphatic carbocycles. The summed E-state index contributed by atoms with van der Waals surface area (Å²) in [7, 11) is 4.03. The van der Waals surface area contributed by atoms with Gasteiger partial charge in [0.1, 0.15) is 0 Å². The van der Waals surface area contributed by atoms with Crippen LogP contribution in [0.15, 0.2) is 30.3 Å². The lowest BCUT2D eigenvalue weighted by molar-refractivity contribution is -0.0786. The number of hydrogen-bond donors (Lipinski definition) is 1. The van der Waals surface area contributed by atoms with Gasteiger partial charge >= 0.3 is 0 Å². The highest BCUT2D eigenvalue weighted by molar-refractivity contribution is 5.27. The Balaban J connectivity index is 1.73. The fraction of sp³-hybridized carbons (Fsp3) is 0.684. The molecule has 21 heavy (non-hydrogen) atoms. The molecule has 0 heterocycles. The van der Waals surface area contributed by atoms with Crippen LogP contribution in [0.4, 0.5) is 0 Å². The summed E-state index contributed by atoms with van der Waals surface area (Å²) in [6.07, 6.45) is 6.31. The van der Waals surface area contributed by atoms with Crippen LogP contribution >= 0.6 is 0 Å². The molecular formula is C19H29NO. The van der Waals surface area contributed by atoms with E-state index in [1.165, 1.54) is 37.7 Å². The third-order valence-corrected chi connectivity index (χ3v) is 5.90. The van der Waals surface area contributed by atoms with Crippen molar-refractivity contribution in [3.8, 4) is 0 Å². The van der Waals surface area contributed by atoms with Gasteiger partial charge in [-0.25, -0.2) is 0 Å². The summed E-state index contributed by atoms with van der Waals surface area (Å²) >= 11 is 0. The van der Waals surface area contributed by atoms with E-state index in [0.717, 1.165) is 17.8 Å². The van der Waals surface area contributed by atoms with E-state index in [4.69, 9.17) is 4.74 Å². The first kappa shape index (κ1) is 15.1. The quantitative estimate of drug-likeness (QED) is 0.884. The van der Waals surface area contributed by atoms with Crippen LogP contribution in [-0.4, -0.2) is 25.8 Å². The first-order valence-corrected chi connectivity index (χ1v) is 8.47. The largest absolute Gasteiger partial charge is 0.377 e. The second-order valence-electron chi connectivity index (χ2n) is 7.13. The van der Waals surface area contributed by atoms with E-state index in [9.17, 15) is 0 Å². The molecule has 0 aromatic heterocycles. The number of nitrogens with one attached hydrogen (secondary N) is 1. The maximum atomic E-state index is 6.10. The summed E-state index contributed by atoms with van der Waals surface area (Å²) < 4.78 is 6.10. The summed E-state index contributed by atoms with van der Waals surface area (Å²) in [6.45, 7) is 2.37. The minimum Gasteiger partial charge on any atom is -0.377 e. The van der Waals surface area contributed by atoms with Gasteiger partial charge in [-0.3, -0.25) is 0 Å². The second kappa shape index (κ2) is 6.10. The number of likely N-dealkylation sites (N-methyl/N-ethyl adjacent to an activating group) is 1. The highest BCUT2D eigenvalue weighted by Gasteiger charge is 2.52. The minimum absolute atomic E-state index is 0.0510. The van der Waals surface area contributed by atoms with Gasteiger partial charge < -0.3 is 10.1 Å². The molecule has 2 nitrogen and oxygen atoms in total. The van der Waals surface area contributed by atoms with Gasteiger partial charge in [0.25, 0.3) is 0 Å². The molecule has 0 spiro atoms. The molecule has 2 fully saturated rings. The zero-order valence-electron chi connectivity index (χ0n) is 13.6. The lowest BCUT2D eigenvalue weighted by atomic mass is 9.73. The molecule has 1 aromatic carbocycles. The van der Waals surface area contributed by atoms with Gasteiger partial charge in [0, 0.05) is 13.2 Å². The Kier molecular flexibility index (Phi) is 4.37. The van der Waals surface area contributed by atoms with E-state index < -0.39 is 0 Å². The molecule has 0 amide bonds. The summed E-state index contributed by atoms with van der Waals surface area (Å²) in [4.78, 5) is 0. The maximum Gasteiger partial charge on any atom is 0.0834 e. The Morgan fingerprint density at radius 1 is 1.19 bits per heavy atom. The van der Waals surface area contributed by atoms with Crippen LogP contribution in [0.25, 0.3) is 0 Å². The van der Waals surface area contributed by atoms with Crippen LogP contribution in [0.5, 0.6) is 0 Å². The van der Waals surface area contributed by atoms with Crippen LogP contribution in [0.3, 0.4) is 0 Å². The van der Waals surface area contributed by atoms with Crippen molar-refractivity contribution in [2.75, 3.05) is 14.2 Å². The topological polar surface area (TPSA) is 21.3 Å². The van der Waals surface area contributed by atoms with Crippen molar-refractivity contribution in [1.29, 1.82) is 0 Å². The van der Waals surface area contributed by atoms with Gasteiger partial charge in [-0.15, -0.1) is 0 Å². The van der Waals surface area contributed by atoms with Gasteiger partial charge in [-0.05, 0) is 62.5 Å². The Hall–Kier alpha value is -0.860. The maximum absolute atomic E-state index is 6.10. The van der Waals surface area contributed by atoms with Gasteiger partial charge in [0.05, 0.1) is 5.60 Å². The van der Waals surface area contributed by atoms with E-state index in [2.05, 4.69) is 49.6 Å². The lowest BCUT2D eigenvalue weighted by Gasteiger charge is -2.44. The molecule has 1 aromatic rings. The van der Waals surface area contributed by atoms with Crippen LogP contribution in [0.2, 0.25) is 0 Å². The molecule has 3 rings (SSSR count). The van der Waals surface area contributed by atoms with Gasteiger partial charge in [0.15, 0.2) is 0 Å². The van der Waals surface area contributed by atoms with Crippen molar-refractivity contribution in [1.82, 2.24) is 5.32 Å². The van der Waals surface area contributed by atoms with Crippen LogP contribution in [0, 0.1) is 11.8 Å². The molecule has 0 aliphatic heterocycles. The van der Waals surface area contributed by atoms with Crippen molar-refractivity contribution in [2.24, 2.45) is 11.8 Å². The van der Waals surface area contributed by atoms with Gasteiger partial charge in [-0.1, -0.05) is 37.3 Å². The smallest absolute Gasteiger partial charge is 0.0834 e. The average Bonchev–Trinajstić information content (AvgIpc) is 3.31. The van der Waals surface area contributed by atoms with E-state index in [1.807, 2.05) is 7.11 Å². The third-order valence-electron chi connectivity index (χ3n) is 5.90. The fourth-order valence-corrected chi connectivity index (χ4v) is 4.43. The molecule has 3 atom stereocenters. The number of benzene rings is 1. The molecule has 0 saturated heterocycles. The predicted octanol–water partition coefficient (Wildman–Crippen LogP) is 3.97. The van der Waals surface area contributed by atoms with E-state index in [-0.39, 0.29) is 5.60 Å². The van der Waals surface area contributed by atoms with Crippen molar-refractivity contribution in [3.63, 3.8) is 0 Å². The van der Waals surface area contributed by atoms with Crippen LogP contribution in [-0.2, 0) is 4.74 Å². The normalized spacial score (nSPS) is 37.2. The van der Waals surface area contributed by atoms with Gasteiger partial charge in [-0.2, -0.15) is 0 Å². The van der Waals surface area contributed by atoms with Crippen molar-refractivity contribution in [2.45, 2.75) is 56.6 Å². The van der Waals surface area contributed by atoms with E-state index in [1.54, 1.807) is 0 Å². The second-order valence-corrected chi connectivity index (χ2v) is 7.13. The molecule has 0 radical (unpaired) electrons. The van der Waals surface area contributed by atoms with E-state index >= 15 is 0 Å². The van der Waals surface area contributed by atoms with Crippen LogP contribution < -0.4 is 5.32 Å². The van der Waals surface area contributed by atoms with Crippen LogP contribution in [0.1, 0.15) is 50.5 Å². The van der Waals surface area contributed by atoms with Crippen molar-refractivity contribution < 1.29 is 4.74 Å². The Morgan fingerprint density at radius 3 is 2.43 bits per heavy atom. The first-order chi connectivity index (χ1) is 10.2. The zero-order chi connectivity index (χ0) is 14.9. The highest BCUT2D eigenvalue weighted by Crippen LogP contribution is 2.54. The fourth-order valence-electron chi connectivity index (χ4n) is 4.43. The molecule has 3 unspecified atom stereocenters. The predicted molar refractivity (Wildman–Crippen MR) is 87.5 cm³/mol. The molecule has 0 bridgehead atoms. The molecule has 116 valence electrons. The first-order valence-electron chi connectivity index (χ1n) is 8.47. The van der Waals surface area contributed by atoms with Crippen molar-refractivity contribution in [3.05, 3.63) is 35.9 Å². The molecular weight excluding hydrogens is 258 g/mol. The number of ether oxygens (including phenoxy) is 1. The third kappa shape index (κ3) is 2.89. The number of methoxy groups -OCH3 is 1. The summed E-state index contributed by atoms with van der Waals surface area (Å²) in [5.74, 6) is 2.30. The van der Waals surface area contributed by atoms with E-state index in [0.29, 0.717) is 6.04 Å². The number of hydrogen-bond acceptors (Lipinski definition) is 2. The summed E-state index contributed by atoms with van der Waals surface area (Å²) in [5.41, 5.74) is 1.55. The Bertz CT molecular complexity index is 450. The van der Waals surface area contributed by atoms with Gasteiger partial charge in [0.2, 0.25) is 0 Å². The minimum atomic E-state index is 0.0510. The molecule has 2 saturated carbocycles. The molecule has 2 aliphatic rings. The average molecular weight is 287 g/mol. The summed E-state index contributed by atoms with van der Waals surface area (Å²) in [6, 6.07) is 11.5. The SMILES string of the molecule is CNC(C1CC1c1ccccc1)C1(OC)CCC(C)CC1. The molecule has 1 N–H and O–H groups in total. The molecule has 2 heteroatoms. The van der Waals surface area contributed by atoms with Crippen molar-refractivity contribution >= 4 is 0 Å². The zero-order valence-corrected chi connectivity index (χ0v) is 13.6. The Labute approximate surface area is 129 Å². The Morgan fingerprint density at radius 2 is 1.86 bits per heavy atom. The monoisotopic (exact) mass is 287 g/mol. The standard InChI is InChI=1S/C19H29NO/c1-14-9-11-19(21-3,12-10-14)18(20-2)17-13-16(17)15-7-5-4-6-8-15/h4-8,14,16-18,20H,9-13H2,1-3H3.